The Hall–Kier alpha value is -2.18. The predicted octanol–water partition coefficient (Wildman–Crippen LogP) is 2.51. The van der Waals surface area contributed by atoms with Crippen LogP contribution in [-0.4, -0.2) is 51.1 Å². The Bertz CT molecular complexity index is 768. The van der Waals surface area contributed by atoms with Crippen molar-refractivity contribution in [2.24, 2.45) is 5.41 Å². The van der Waals surface area contributed by atoms with Crippen LogP contribution in [0.5, 0.6) is 5.75 Å². The third-order valence-corrected chi connectivity index (χ3v) is 5.26. The minimum absolute atomic E-state index is 0.0467. The summed E-state index contributed by atoms with van der Waals surface area (Å²) in [5.74, 6) is 1.39. The first-order chi connectivity index (χ1) is 12.5. The monoisotopic (exact) mass is 357 g/mol. The number of aromatic hydroxyl groups is 1. The first-order valence-electron chi connectivity index (χ1n) is 9.17. The fourth-order valence-electron chi connectivity index (χ4n) is 3.82. The predicted molar refractivity (Wildman–Crippen MR) is 101 cm³/mol. The molecule has 2 atom stereocenters. The lowest BCUT2D eigenvalue weighted by atomic mass is 9.74. The summed E-state index contributed by atoms with van der Waals surface area (Å²) in [6, 6.07) is 8.94. The van der Waals surface area contributed by atoms with Gasteiger partial charge in [-0.25, -0.2) is 9.97 Å². The van der Waals surface area contributed by atoms with Gasteiger partial charge in [-0.3, -0.25) is 0 Å². The van der Waals surface area contributed by atoms with E-state index in [4.69, 9.17) is 0 Å². The third kappa shape index (κ3) is 3.52. The second-order valence-electron chi connectivity index (χ2n) is 7.20. The van der Waals surface area contributed by atoms with Crippen molar-refractivity contribution < 1.29 is 15.3 Å². The zero-order valence-electron chi connectivity index (χ0n) is 15.4. The third-order valence-electron chi connectivity index (χ3n) is 5.26. The van der Waals surface area contributed by atoms with E-state index in [0.717, 1.165) is 24.4 Å². The van der Waals surface area contributed by atoms with Gasteiger partial charge in [0.1, 0.15) is 11.6 Å². The number of anilines is 1. The molecule has 2 heterocycles. The Balaban J connectivity index is 1.96. The van der Waals surface area contributed by atoms with Crippen LogP contribution < -0.4 is 4.90 Å². The van der Waals surface area contributed by atoms with E-state index < -0.39 is 11.5 Å². The Morgan fingerprint density at radius 2 is 2.04 bits per heavy atom. The number of hydrogen-bond donors (Lipinski definition) is 3. The van der Waals surface area contributed by atoms with E-state index in [1.54, 1.807) is 18.2 Å². The van der Waals surface area contributed by atoms with Crippen molar-refractivity contribution in [1.29, 1.82) is 0 Å². The van der Waals surface area contributed by atoms with Gasteiger partial charge in [0.15, 0.2) is 5.82 Å². The number of hydrogen-bond acceptors (Lipinski definition) is 6. The molecule has 0 radical (unpaired) electrons. The molecule has 1 fully saturated rings. The largest absolute Gasteiger partial charge is 0.507 e. The van der Waals surface area contributed by atoms with Crippen molar-refractivity contribution in [2.45, 2.75) is 39.2 Å². The van der Waals surface area contributed by atoms with Gasteiger partial charge in [-0.15, -0.1) is 0 Å². The number of benzene rings is 1. The Labute approximate surface area is 154 Å². The number of aliphatic hydroxyl groups is 2. The highest BCUT2D eigenvalue weighted by Gasteiger charge is 2.42. The number of rotatable bonds is 5. The maximum atomic E-state index is 10.5. The van der Waals surface area contributed by atoms with Gasteiger partial charge in [0, 0.05) is 30.3 Å². The Morgan fingerprint density at radius 1 is 1.27 bits per heavy atom. The molecular formula is C20H27N3O3. The van der Waals surface area contributed by atoms with Crippen molar-refractivity contribution in [3.05, 3.63) is 36.0 Å². The number of piperidine rings is 1. The molecule has 1 aromatic heterocycles. The second-order valence-corrected chi connectivity index (χ2v) is 7.20. The Morgan fingerprint density at radius 3 is 2.73 bits per heavy atom. The maximum Gasteiger partial charge on any atom is 0.165 e. The molecule has 6 heteroatoms. The average Bonchev–Trinajstić information content (AvgIpc) is 2.63. The molecular weight excluding hydrogens is 330 g/mol. The maximum absolute atomic E-state index is 10.5. The lowest BCUT2D eigenvalue weighted by molar-refractivity contribution is -0.0353. The molecule has 3 rings (SSSR count). The van der Waals surface area contributed by atoms with Gasteiger partial charge >= 0.3 is 0 Å². The molecule has 26 heavy (non-hydrogen) atoms. The number of aromatic nitrogens is 2. The summed E-state index contributed by atoms with van der Waals surface area (Å²) in [6.07, 6.45) is 1.74. The van der Waals surface area contributed by atoms with Crippen molar-refractivity contribution in [1.82, 2.24) is 9.97 Å². The molecule has 2 aromatic rings. The van der Waals surface area contributed by atoms with Gasteiger partial charge in [0.2, 0.25) is 0 Å². The molecule has 3 N–H and O–H groups in total. The first kappa shape index (κ1) is 18.6. The van der Waals surface area contributed by atoms with Gasteiger partial charge in [-0.1, -0.05) is 25.5 Å². The summed E-state index contributed by atoms with van der Waals surface area (Å²) in [5.41, 5.74) is 0.877. The van der Waals surface area contributed by atoms with Gasteiger partial charge in [-0.05, 0) is 31.9 Å². The molecule has 140 valence electrons. The van der Waals surface area contributed by atoms with Crippen LogP contribution in [-0.2, 0) is 0 Å². The standard InChI is InChI=1S/C20H27N3O3/c1-3-9-20(13-24)12-23(10-8-17(20)26)18-11-14(2)21-19(22-18)15-6-4-5-7-16(15)25/h4-7,11,17,24-26H,3,8-10,12-13H2,1-2H3/t17-,20-/m0/s1. The summed E-state index contributed by atoms with van der Waals surface area (Å²) < 4.78 is 0. The first-order valence-corrected chi connectivity index (χ1v) is 9.17. The van der Waals surface area contributed by atoms with Crippen molar-refractivity contribution in [3.8, 4) is 17.1 Å². The van der Waals surface area contributed by atoms with E-state index in [9.17, 15) is 15.3 Å². The van der Waals surface area contributed by atoms with Gasteiger partial charge < -0.3 is 20.2 Å². The van der Waals surface area contributed by atoms with Crippen molar-refractivity contribution >= 4 is 5.82 Å². The van der Waals surface area contributed by atoms with E-state index in [1.165, 1.54) is 0 Å². The van der Waals surface area contributed by atoms with Crippen LogP contribution in [0.4, 0.5) is 5.82 Å². The quantitative estimate of drug-likeness (QED) is 0.762. The van der Waals surface area contributed by atoms with Crippen LogP contribution in [0.3, 0.4) is 0 Å². The molecule has 0 spiro atoms. The Kier molecular flexibility index (Phi) is 5.44. The summed E-state index contributed by atoms with van der Waals surface area (Å²) in [7, 11) is 0. The molecule has 6 nitrogen and oxygen atoms in total. The number of nitrogens with zero attached hydrogens (tertiary/aromatic N) is 3. The van der Waals surface area contributed by atoms with E-state index in [2.05, 4.69) is 21.8 Å². The fourth-order valence-corrected chi connectivity index (χ4v) is 3.82. The molecule has 0 unspecified atom stereocenters. The van der Waals surface area contributed by atoms with E-state index in [1.807, 2.05) is 19.1 Å². The lowest BCUT2D eigenvalue weighted by Gasteiger charge is -2.45. The number of aryl methyl sites for hydroxylation is 1. The molecule has 0 bridgehead atoms. The highest BCUT2D eigenvalue weighted by molar-refractivity contribution is 5.65. The summed E-state index contributed by atoms with van der Waals surface area (Å²) >= 11 is 0. The smallest absolute Gasteiger partial charge is 0.165 e. The molecule has 1 aliphatic rings. The van der Waals surface area contributed by atoms with Gasteiger partial charge in [-0.2, -0.15) is 0 Å². The van der Waals surface area contributed by atoms with Crippen LogP contribution in [0, 0.1) is 12.3 Å². The average molecular weight is 357 g/mol. The SMILES string of the molecule is CCC[C@@]1(CO)CN(c2cc(C)nc(-c3ccccc3O)n2)CC[C@@H]1O. The van der Waals surface area contributed by atoms with Crippen LogP contribution >= 0.6 is 0 Å². The molecule has 0 saturated carbocycles. The van der Waals surface area contributed by atoms with Crippen molar-refractivity contribution in [2.75, 3.05) is 24.6 Å². The van der Waals surface area contributed by atoms with Crippen LogP contribution in [0.2, 0.25) is 0 Å². The molecule has 0 aliphatic carbocycles. The van der Waals surface area contributed by atoms with Crippen molar-refractivity contribution in [3.63, 3.8) is 0 Å². The van der Waals surface area contributed by atoms with Crippen LogP contribution in [0.15, 0.2) is 30.3 Å². The van der Waals surface area contributed by atoms with Crippen LogP contribution in [0.25, 0.3) is 11.4 Å². The molecule has 1 saturated heterocycles. The number of para-hydroxylation sites is 1. The zero-order chi connectivity index (χ0) is 18.7. The van der Waals surface area contributed by atoms with E-state index in [0.29, 0.717) is 30.9 Å². The van der Waals surface area contributed by atoms with Gasteiger partial charge in [0.25, 0.3) is 0 Å². The van der Waals surface area contributed by atoms with Crippen LogP contribution in [0.1, 0.15) is 31.9 Å². The molecule has 0 amide bonds. The summed E-state index contributed by atoms with van der Waals surface area (Å²) in [5, 5.41) is 30.6. The topological polar surface area (TPSA) is 89.7 Å². The van der Waals surface area contributed by atoms with E-state index >= 15 is 0 Å². The molecule has 1 aromatic carbocycles. The highest BCUT2D eigenvalue weighted by Crippen LogP contribution is 2.37. The number of phenolic OH excluding ortho intramolecular Hbond substituents is 1. The minimum Gasteiger partial charge on any atom is -0.507 e. The fraction of sp³-hybridized carbons (Fsp3) is 0.500. The highest BCUT2D eigenvalue weighted by atomic mass is 16.3. The summed E-state index contributed by atoms with van der Waals surface area (Å²) in [4.78, 5) is 11.2. The normalized spacial score (nSPS) is 23.2. The van der Waals surface area contributed by atoms with E-state index in [-0.39, 0.29) is 12.4 Å². The number of aliphatic hydroxyl groups excluding tert-OH is 2. The number of phenols is 1. The summed E-state index contributed by atoms with van der Waals surface area (Å²) in [6.45, 7) is 5.14. The second kappa shape index (κ2) is 7.60. The lowest BCUT2D eigenvalue weighted by Crippen LogP contribution is -2.54. The molecule has 1 aliphatic heterocycles. The minimum atomic E-state index is -0.527. The van der Waals surface area contributed by atoms with Gasteiger partial charge in [0.05, 0.1) is 18.3 Å². The zero-order valence-corrected chi connectivity index (χ0v) is 15.4.